The second kappa shape index (κ2) is 8.28. The monoisotopic (exact) mass is 374 g/mol. The van der Waals surface area contributed by atoms with Gasteiger partial charge in [-0.2, -0.15) is 0 Å². The molecule has 8 nitrogen and oxygen atoms in total. The van der Waals surface area contributed by atoms with Gasteiger partial charge in [0, 0.05) is 37.7 Å². The average Bonchev–Trinajstić information content (AvgIpc) is 3.02. The van der Waals surface area contributed by atoms with E-state index in [0.29, 0.717) is 39.1 Å². The summed E-state index contributed by atoms with van der Waals surface area (Å²) in [5.41, 5.74) is 6.12. The summed E-state index contributed by atoms with van der Waals surface area (Å²) in [6.45, 7) is 3.95. The third kappa shape index (κ3) is 4.50. The number of nitrogens with two attached hydrogens (primary N) is 1. The van der Waals surface area contributed by atoms with Crippen LogP contribution in [-0.4, -0.2) is 55.0 Å². The molecule has 1 aromatic rings. The summed E-state index contributed by atoms with van der Waals surface area (Å²) in [7, 11) is 0. The number of likely N-dealkylation sites (tertiary alicyclic amines) is 1. The number of primary amides is 1. The molecular formula is C19H26N4O4. The van der Waals surface area contributed by atoms with E-state index in [1.165, 1.54) is 0 Å². The molecule has 0 spiro atoms. The molecule has 1 aromatic carbocycles. The van der Waals surface area contributed by atoms with Gasteiger partial charge in [0.2, 0.25) is 11.8 Å². The number of nitrogens with zero attached hydrogens (tertiary/aromatic N) is 2. The zero-order valence-electron chi connectivity index (χ0n) is 15.5. The van der Waals surface area contributed by atoms with Crippen LogP contribution in [0.25, 0.3) is 0 Å². The van der Waals surface area contributed by atoms with Crippen molar-refractivity contribution in [3.8, 4) is 5.75 Å². The Bertz CT molecular complexity index is 698. The van der Waals surface area contributed by atoms with Gasteiger partial charge in [-0.15, -0.1) is 0 Å². The predicted molar refractivity (Wildman–Crippen MR) is 100 cm³/mol. The molecule has 0 bridgehead atoms. The smallest absolute Gasteiger partial charge is 0.317 e. The molecule has 2 aliphatic rings. The first-order chi connectivity index (χ1) is 13.0. The largest absolute Gasteiger partial charge is 0.494 e. The van der Waals surface area contributed by atoms with E-state index in [1.54, 1.807) is 9.80 Å². The van der Waals surface area contributed by atoms with Crippen molar-refractivity contribution in [3.63, 3.8) is 0 Å². The molecule has 0 radical (unpaired) electrons. The minimum Gasteiger partial charge on any atom is -0.494 e. The van der Waals surface area contributed by atoms with Gasteiger partial charge in [-0.25, -0.2) is 4.79 Å². The summed E-state index contributed by atoms with van der Waals surface area (Å²) in [5.74, 6) is 0.286. The first kappa shape index (κ1) is 19.0. The molecule has 3 rings (SSSR count). The topological polar surface area (TPSA) is 105 Å². The Morgan fingerprint density at radius 1 is 1.22 bits per heavy atom. The maximum Gasteiger partial charge on any atom is 0.317 e. The number of hydrogen-bond acceptors (Lipinski definition) is 4. The Kier molecular flexibility index (Phi) is 5.83. The van der Waals surface area contributed by atoms with Gasteiger partial charge in [0.05, 0.1) is 12.6 Å². The number of urea groups is 1. The molecule has 2 saturated heterocycles. The van der Waals surface area contributed by atoms with E-state index >= 15 is 0 Å². The van der Waals surface area contributed by atoms with Gasteiger partial charge in [0.1, 0.15) is 5.75 Å². The predicted octanol–water partition coefficient (Wildman–Crippen LogP) is 1.10. The van der Waals surface area contributed by atoms with Crippen LogP contribution < -0.4 is 20.7 Å². The van der Waals surface area contributed by atoms with Crippen LogP contribution in [0.2, 0.25) is 0 Å². The van der Waals surface area contributed by atoms with Crippen LogP contribution >= 0.6 is 0 Å². The lowest BCUT2D eigenvalue weighted by Crippen LogP contribution is -2.49. The molecule has 27 heavy (non-hydrogen) atoms. The van der Waals surface area contributed by atoms with Gasteiger partial charge >= 0.3 is 6.03 Å². The van der Waals surface area contributed by atoms with Crippen molar-refractivity contribution in [3.05, 3.63) is 24.3 Å². The highest BCUT2D eigenvalue weighted by Gasteiger charge is 2.33. The standard InChI is InChI=1S/C19H26N4O4/c1-2-27-16-5-3-15(4-6-16)23-12-14(11-17(23)24)21-19(26)22-9-7-13(8-10-22)18(20)25/h3-6,13-14H,2,7-12H2,1H3,(H2,20,25)(H,21,26)/t14-/m0/s1. The average molecular weight is 374 g/mol. The van der Waals surface area contributed by atoms with Gasteiger partial charge in [-0.1, -0.05) is 0 Å². The molecule has 2 heterocycles. The fourth-order valence-electron chi connectivity index (χ4n) is 3.58. The fourth-order valence-corrected chi connectivity index (χ4v) is 3.58. The lowest BCUT2D eigenvalue weighted by atomic mass is 9.96. The van der Waals surface area contributed by atoms with E-state index in [2.05, 4.69) is 5.32 Å². The number of amides is 4. The highest BCUT2D eigenvalue weighted by Crippen LogP contribution is 2.24. The van der Waals surface area contributed by atoms with Crippen LogP contribution in [0.5, 0.6) is 5.75 Å². The first-order valence-electron chi connectivity index (χ1n) is 9.36. The molecule has 2 aliphatic heterocycles. The summed E-state index contributed by atoms with van der Waals surface area (Å²) >= 11 is 0. The Morgan fingerprint density at radius 2 is 1.89 bits per heavy atom. The summed E-state index contributed by atoms with van der Waals surface area (Å²) in [6.07, 6.45) is 1.45. The quantitative estimate of drug-likeness (QED) is 0.805. The second-order valence-corrected chi connectivity index (χ2v) is 6.95. The number of piperidine rings is 1. The van der Waals surface area contributed by atoms with E-state index in [4.69, 9.17) is 10.5 Å². The van der Waals surface area contributed by atoms with E-state index in [-0.39, 0.29) is 36.2 Å². The summed E-state index contributed by atoms with van der Waals surface area (Å²) < 4.78 is 5.42. The molecule has 0 aromatic heterocycles. The van der Waals surface area contributed by atoms with Crippen LogP contribution in [0.15, 0.2) is 24.3 Å². The van der Waals surface area contributed by atoms with Crippen molar-refractivity contribution < 1.29 is 19.1 Å². The highest BCUT2D eigenvalue weighted by molar-refractivity contribution is 5.96. The van der Waals surface area contributed by atoms with Crippen LogP contribution in [0.3, 0.4) is 0 Å². The SMILES string of the molecule is CCOc1ccc(N2C[C@@H](NC(=O)N3CCC(C(N)=O)CC3)CC2=O)cc1. The van der Waals surface area contributed by atoms with Crippen LogP contribution in [-0.2, 0) is 9.59 Å². The lowest BCUT2D eigenvalue weighted by Gasteiger charge is -2.31. The summed E-state index contributed by atoms with van der Waals surface area (Å²) in [6, 6.07) is 6.94. The zero-order valence-corrected chi connectivity index (χ0v) is 15.5. The maximum atomic E-state index is 12.4. The number of ether oxygens (including phenoxy) is 1. The normalized spacial score (nSPS) is 20.6. The Hall–Kier alpha value is -2.77. The van der Waals surface area contributed by atoms with Crippen molar-refractivity contribution in [1.29, 1.82) is 0 Å². The number of nitrogens with one attached hydrogen (secondary N) is 1. The molecule has 3 N–H and O–H groups in total. The number of carbonyl (C=O) groups excluding carboxylic acids is 3. The second-order valence-electron chi connectivity index (χ2n) is 6.95. The fraction of sp³-hybridized carbons (Fsp3) is 0.526. The Balaban J connectivity index is 1.53. The maximum absolute atomic E-state index is 12.4. The molecule has 0 saturated carbocycles. The van der Waals surface area contributed by atoms with Gasteiger partial charge in [0.15, 0.2) is 0 Å². The van der Waals surface area contributed by atoms with E-state index in [0.717, 1.165) is 11.4 Å². The molecule has 146 valence electrons. The van der Waals surface area contributed by atoms with Gasteiger partial charge in [-0.05, 0) is 44.0 Å². The van der Waals surface area contributed by atoms with Crippen molar-refractivity contribution in [2.24, 2.45) is 11.7 Å². The van der Waals surface area contributed by atoms with Crippen molar-refractivity contribution in [2.75, 3.05) is 31.1 Å². The van der Waals surface area contributed by atoms with E-state index in [1.807, 2.05) is 31.2 Å². The third-order valence-corrected chi connectivity index (χ3v) is 5.10. The molecule has 8 heteroatoms. The van der Waals surface area contributed by atoms with E-state index < -0.39 is 0 Å². The Labute approximate surface area is 158 Å². The van der Waals surface area contributed by atoms with Crippen molar-refractivity contribution in [1.82, 2.24) is 10.2 Å². The molecular weight excluding hydrogens is 348 g/mol. The van der Waals surface area contributed by atoms with E-state index in [9.17, 15) is 14.4 Å². The molecule has 0 aliphatic carbocycles. The molecule has 2 fully saturated rings. The van der Waals surface area contributed by atoms with Crippen LogP contribution in [0.4, 0.5) is 10.5 Å². The first-order valence-corrected chi connectivity index (χ1v) is 9.36. The Morgan fingerprint density at radius 3 is 2.48 bits per heavy atom. The highest BCUT2D eigenvalue weighted by atomic mass is 16.5. The summed E-state index contributed by atoms with van der Waals surface area (Å²) in [4.78, 5) is 39.4. The zero-order chi connectivity index (χ0) is 19.4. The molecule has 0 unspecified atom stereocenters. The minimum absolute atomic E-state index is 0.0168. The van der Waals surface area contributed by atoms with Crippen LogP contribution in [0, 0.1) is 5.92 Å². The van der Waals surface area contributed by atoms with Crippen molar-refractivity contribution in [2.45, 2.75) is 32.2 Å². The minimum atomic E-state index is -0.303. The summed E-state index contributed by atoms with van der Waals surface area (Å²) in [5, 5.41) is 2.94. The molecule has 1 atom stereocenters. The third-order valence-electron chi connectivity index (χ3n) is 5.10. The van der Waals surface area contributed by atoms with Gasteiger partial charge < -0.3 is 25.6 Å². The molecule has 4 amide bonds. The number of anilines is 1. The van der Waals surface area contributed by atoms with Gasteiger partial charge in [-0.3, -0.25) is 9.59 Å². The number of carbonyl (C=O) groups is 3. The van der Waals surface area contributed by atoms with Crippen molar-refractivity contribution >= 4 is 23.5 Å². The lowest BCUT2D eigenvalue weighted by molar-refractivity contribution is -0.123. The van der Waals surface area contributed by atoms with Gasteiger partial charge in [0.25, 0.3) is 0 Å². The number of hydrogen-bond donors (Lipinski definition) is 2. The number of rotatable bonds is 5. The van der Waals surface area contributed by atoms with Crippen LogP contribution in [0.1, 0.15) is 26.2 Å². The number of benzene rings is 1.